The molecular formula is C27H26F6N6O4. The maximum absolute atomic E-state index is 14.8. The van der Waals surface area contributed by atoms with Crippen molar-refractivity contribution in [2.45, 2.75) is 19.6 Å². The molecule has 230 valence electrons. The second-order valence-corrected chi connectivity index (χ2v) is 9.41. The maximum atomic E-state index is 14.8. The molecule has 0 saturated carbocycles. The number of halogens is 6. The lowest BCUT2D eigenvalue weighted by atomic mass is 10.00. The van der Waals surface area contributed by atoms with Crippen LogP contribution in [-0.2, 0) is 16.1 Å². The molecule has 1 saturated heterocycles. The number of nitrogens with zero attached hydrogens (tertiary/aromatic N) is 4. The molecule has 16 heteroatoms. The van der Waals surface area contributed by atoms with Crippen molar-refractivity contribution in [1.29, 1.82) is 0 Å². The summed E-state index contributed by atoms with van der Waals surface area (Å²) in [5.74, 6) is -4.71. The van der Waals surface area contributed by atoms with Gasteiger partial charge in [0.1, 0.15) is 23.1 Å². The number of morpholine rings is 1. The summed E-state index contributed by atoms with van der Waals surface area (Å²) in [6.07, 6.45) is -5.08. The summed E-state index contributed by atoms with van der Waals surface area (Å²) in [5.41, 5.74) is 1.61. The first kappa shape index (κ1) is 31.5. The number of carbonyl (C=O) groups is 2. The molecule has 0 spiro atoms. The number of anilines is 3. The molecule has 0 bridgehead atoms. The summed E-state index contributed by atoms with van der Waals surface area (Å²) in [4.78, 5) is 34.1. The number of benzene rings is 2. The van der Waals surface area contributed by atoms with Gasteiger partial charge in [0.2, 0.25) is 5.95 Å². The van der Waals surface area contributed by atoms with E-state index in [1.165, 1.54) is 18.2 Å². The fourth-order valence-corrected chi connectivity index (χ4v) is 4.41. The van der Waals surface area contributed by atoms with E-state index in [4.69, 9.17) is 14.6 Å². The van der Waals surface area contributed by atoms with Gasteiger partial charge in [-0.3, -0.25) is 4.90 Å². The molecule has 3 N–H and O–H groups in total. The number of carbonyl (C=O) groups excluding carboxylic acids is 1. The number of aryl methyl sites for hydroxylation is 1. The summed E-state index contributed by atoms with van der Waals surface area (Å²) in [7, 11) is 0. The highest BCUT2D eigenvalue weighted by Crippen LogP contribution is 2.39. The van der Waals surface area contributed by atoms with Crippen LogP contribution in [0.1, 0.15) is 11.1 Å². The summed E-state index contributed by atoms with van der Waals surface area (Å²) in [5, 5.41) is 12.9. The fourth-order valence-electron chi connectivity index (χ4n) is 4.41. The van der Waals surface area contributed by atoms with Gasteiger partial charge in [0.15, 0.2) is 5.82 Å². The zero-order chi connectivity index (χ0) is 31.3. The fraction of sp³-hybridized carbons (Fsp3) is 0.333. The van der Waals surface area contributed by atoms with Crippen LogP contribution in [0.5, 0.6) is 0 Å². The number of fused-ring (bicyclic) bond motifs is 1. The molecule has 0 aliphatic carbocycles. The monoisotopic (exact) mass is 612 g/mol. The second kappa shape index (κ2) is 13.2. The minimum Gasteiger partial charge on any atom is -0.475 e. The van der Waals surface area contributed by atoms with Crippen LogP contribution in [0.2, 0.25) is 0 Å². The van der Waals surface area contributed by atoms with E-state index in [0.717, 1.165) is 30.1 Å². The smallest absolute Gasteiger partial charge is 0.475 e. The Kier molecular flexibility index (Phi) is 9.70. The van der Waals surface area contributed by atoms with E-state index in [-0.39, 0.29) is 18.3 Å². The molecule has 3 heterocycles. The third kappa shape index (κ3) is 7.50. The number of amides is 2. The minimum absolute atomic E-state index is 0.0426. The van der Waals surface area contributed by atoms with Gasteiger partial charge in [0.25, 0.3) is 0 Å². The molecule has 0 radical (unpaired) electrons. The second-order valence-electron chi connectivity index (χ2n) is 9.41. The SMILES string of the molecule is Cc1cc(F)ccc1-c1nc(NCCN2CCOCC2)nc2c1CNC(=O)N2c1c(F)cccc1F.O=C(O)C(F)(F)F. The van der Waals surface area contributed by atoms with Crippen LogP contribution >= 0.6 is 0 Å². The number of para-hydroxylation sites is 1. The molecule has 2 amide bonds. The standard InChI is InChI=1S/C25H25F3N6O2.C2HF3O2/c1-15-13-16(26)5-6-17(15)21-18-14-30-25(35)34(22-19(27)3-2-4-20(22)28)23(18)32-24(31-21)29-7-8-33-9-11-36-12-10-33;3-2(4,5)1(6)7/h2-6,13H,7-12,14H2,1H3,(H,30,35)(H,29,31,32);(H,6,7). The number of carboxylic acids is 1. The highest BCUT2D eigenvalue weighted by atomic mass is 19.4. The van der Waals surface area contributed by atoms with Crippen molar-refractivity contribution >= 4 is 29.5 Å². The van der Waals surface area contributed by atoms with Gasteiger partial charge in [-0.15, -0.1) is 0 Å². The predicted molar refractivity (Wildman–Crippen MR) is 142 cm³/mol. The Morgan fingerprint density at radius 2 is 1.74 bits per heavy atom. The van der Waals surface area contributed by atoms with Crippen molar-refractivity contribution in [3.63, 3.8) is 0 Å². The van der Waals surface area contributed by atoms with Crippen molar-refractivity contribution in [2.75, 3.05) is 49.6 Å². The number of carboxylic acid groups (broad SMARTS) is 1. The molecule has 10 nitrogen and oxygen atoms in total. The van der Waals surface area contributed by atoms with Crippen molar-refractivity contribution in [3.8, 4) is 11.3 Å². The number of hydrogen-bond acceptors (Lipinski definition) is 7. The topological polar surface area (TPSA) is 120 Å². The molecule has 1 fully saturated rings. The number of alkyl halides is 3. The van der Waals surface area contributed by atoms with Gasteiger partial charge in [0, 0.05) is 37.3 Å². The molecule has 5 rings (SSSR count). The van der Waals surface area contributed by atoms with Crippen molar-refractivity contribution < 1.29 is 45.8 Å². The third-order valence-electron chi connectivity index (χ3n) is 6.48. The predicted octanol–water partition coefficient (Wildman–Crippen LogP) is 4.61. The molecule has 1 aromatic heterocycles. The molecular weight excluding hydrogens is 586 g/mol. The Bertz CT molecular complexity index is 1480. The van der Waals surface area contributed by atoms with Gasteiger partial charge >= 0.3 is 18.2 Å². The first-order valence-electron chi connectivity index (χ1n) is 12.9. The molecule has 3 aromatic rings. The molecule has 2 aliphatic rings. The average molecular weight is 613 g/mol. The zero-order valence-electron chi connectivity index (χ0n) is 22.6. The van der Waals surface area contributed by atoms with Gasteiger partial charge in [-0.25, -0.2) is 32.6 Å². The first-order chi connectivity index (χ1) is 20.4. The maximum Gasteiger partial charge on any atom is 0.490 e. The number of aliphatic carboxylic acids is 1. The van der Waals surface area contributed by atoms with Gasteiger partial charge < -0.3 is 20.5 Å². The van der Waals surface area contributed by atoms with Crippen LogP contribution in [0, 0.1) is 24.4 Å². The van der Waals surface area contributed by atoms with E-state index < -0.39 is 41.3 Å². The normalized spacial score (nSPS) is 15.2. The Labute approximate surface area is 241 Å². The highest BCUT2D eigenvalue weighted by Gasteiger charge is 2.38. The van der Waals surface area contributed by atoms with Crippen LogP contribution in [0.4, 0.5) is 48.6 Å². The zero-order valence-corrected chi connectivity index (χ0v) is 22.6. The number of nitrogens with one attached hydrogen (secondary N) is 2. The van der Waals surface area contributed by atoms with E-state index in [0.29, 0.717) is 48.7 Å². The van der Waals surface area contributed by atoms with Crippen LogP contribution < -0.4 is 15.5 Å². The van der Waals surface area contributed by atoms with Crippen LogP contribution in [0.15, 0.2) is 36.4 Å². The number of aromatic nitrogens is 2. The molecule has 0 unspecified atom stereocenters. The molecule has 0 atom stereocenters. The van der Waals surface area contributed by atoms with E-state index in [9.17, 15) is 31.1 Å². The number of ether oxygens (including phenoxy) is 1. The molecule has 2 aliphatic heterocycles. The third-order valence-corrected chi connectivity index (χ3v) is 6.48. The number of rotatable bonds is 6. The minimum atomic E-state index is -5.08. The van der Waals surface area contributed by atoms with Crippen LogP contribution in [0.3, 0.4) is 0 Å². The Balaban J connectivity index is 0.000000541. The van der Waals surface area contributed by atoms with Gasteiger partial charge in [-0.1, -0.05) is 6.07 Å². The quantitative estimate of drug-likeness (QED) is 0.346. The van der Waals surface area contributed by atoms with Gasteiger partial charge in [-0.2, -0.15) is 18.2 Å². The summed E-state index contributed by atoms with van der Waals surface area (Å²) in [6.45, 7) is 5.96. The van der Waals surface area contributed by atoms with E-state index in [1.807, 2.05) is 0 Å². The summed E-state index contributed by atoms with van der Waals surface area (Å²) < 4.78 is 80.5. The highest BCUT2D eigenvalue weighted by molar-refractivity contribution is 6.02. The Morgan fingerprint density at radius 3 is 2.35 bits per heavy atom. The number of hydrogen-bond donors (Lipinski definition) is 3. The molecule has 43 heavy (non-hydrogen) atoms. The van der Waals surface area contributed by atoms with Gasteiger partial charge in [0.05, 0.1) is 25.5 Å². The van der Waals surface area contributed by atoms with E-state index >= 15 is 0 Å². The van der Waals surface area contributed by atoms with Crippen molar-refractivity contribution in [2.24, 2.45) is 0 Å². The first-order valence-corrected chi connectivity index (χ1v) is 12.9. The van der Waals surface area contributed by atoms with Gasteiger partial charge in [-0.05, 0) is 42.8 Å². The summed E-state index contributed by atoms with van der Waals surface area (Å²) in [6, 6.07) is 6.95. The van der Waals surface area contributed by atoms with E-state index in [1.54, 1.807) is 13.0 Å². The molecule has 2 aromatic carbocycles. The van der Waals surface area contributed by atoms with Crippen LogP contribution in [-0.4, -0.2) is 77.5 Å². The lowest BCUT2D eigenvalue weighted by Crippen LogP contribution is -2.43. The largest absolute Gasteiger partial charge is 0.490 e. The Morgan fingerprint density at radius 1 is 1.09 bits per heavy atom. The van der Waals surface area contributed by atoms with Crippen molar-refractivity contribution in [1.82, 2.24) is 20.2 Å². The summed E-state index contributed by atoms with van der Waals surface area (Å²) >= 11 is 0. The average Bonchev–Trinajstić information content (AvgIpc) is 2.94. The number of urea groups is 1. The lowest BCUT2D eigenvalue weighted by molar-refractivity contribution is -0.192. The van der Waals surface area contributed by atoms with E-state index in [2.05, 4.69) is 25.5 Å². The lowest BCUT2D eigenvalue weighted by Gasteiger charge is -2.31. The van der Waals surface area contributed by atoms with Crippen LogP contribution in [0.25, 0.3) is 11.3 Å². The van der Waals surface area contributed by atoms with Crippen molar-refractivity contribution in [3.05, 3.63) is 65.0 Å². The Hall–Kier alpha value is -4.44.